The van der Waals surface area contributed by atoms with Crippen LogP contribution in [0.4, 0.5) is 5.69 Å². The van der Waals surface area contributed by atoms with Crippen molar-refractivity contribution in [2.45, 2.75) is 13.3 Å². The van der Waals surface area contributed by atoms with Crippen LogP contribution in [-0.4, -0.2) is 17.4 Å². The van der Waals surface area contributed by atoms with Crippen molar-refractivity contribution in [3.8, 4) is 0 Å². The van der Waals surface area contributed by atoms with Crippen LogP contribution < -0.4 is 11.1 Å². The number of hydrogen-bond acceptors (Lipinski definition) is 4. The third kappa shape index (κ3) is 3.42. The number of carbonyl (C=O) groups excluding carboxylic acids is 1. The zero-order valence-corrected chi connectivity index (χ0v) is 12.0. The van der Waals surface area contributed by atoms with Gasteiger partial charge in [-0.25, -0.2) is 4.98 Å². The molecular formula is C13H14BrN3O2. The van der Waals surface area contributed by atoms with E-state index in [2.05, 4.69) is 26.2 Å². The highest BCUT2D eigenvalue weighted by atomic mass is 79.9. The van der Waals surface area contributed by atoms with E-state index in [-0.39, 0.29) is 11.7 Å². The van der Waals surface area contributed by atoms with Gasteiger partial charge in [-0.3, -0.25) is 4.79 Å². The number of oxazole rings is 1. The Balaban J connectivity index is 2.11. The molecule has 1 aromatic heterocycles. The minimum absolute atomic E-state index is 0.177. The topological polar surface area (TPSA) is 81.2 Å². The lowest BCUT2D eigenvalue weighted by molar-refractivity contribution is 0.0995. The summed E-state index contributed by atoms with van der Waals surface area (Å²) in [6.07, 6.45) is 1.92. The molecule has 0 radical (unpaired) electrons. The maximum Gasteiger partial charge on any atom is 0.293 e. The fourth-order valence-electron chi connectivity index (χ4n) is 1.56. The van der Waals surface area contributed by atoms with E-state index in [0.717, 1.165) is 10.0 Å². The lowest BCUT2D eigenvalue weighted by Gasteiger charge is -2.06. The van der Waals surface area contributed by atoms with E-state index in [0.29, 0.717) is 24.5 Å². The summed E-state index contributed by atoms with van der Waals surface area (Å²) < 4.78 is 6.12. The molecule has 1 heterocycles. The third-order valence-corrected chi connectivity index (χ3v) is 3.16. The van der Waals surface area contributed by atoms with E-state index >= 15 is 0 Å². The molecule has 2 rings (SSSR count). The highest BCUT2D eigenvalue weighted by molar-refractivity contribution is 9.10. The van der Waals surface area contributed by atoms with Crippen molar-refractivity contribution in [2.24, 2.45) is 5.73 Å². The van der Waals surface area contributed by atoms with Crippen LogP contribution >= 0.6 is 15.9 Å². The second kappa shape index (κ2) is 5.99. The van der Waals surface area contributed by atoms with Crippen LogP contribution in [-0.2, 0) is 6.42 Å². The normalized spacial score (nSPS) is 10.5. The number of amides is 1. The highest BCUT2D eigenvalue weighted by Gasteiger charge is 2.13. The smallest absolute Gasteiger partial charge is 0.293 e. The molecule has 0 aliphatic heterocycles. The SMILES string of the molecule is Cc1ccc(NC(=O)c2cnc(CCN)o2)c(Br)c1. The molecule has 3 N–H and O–H groups in total. The van der Waals surface area contributed by atoms with Crippen LogP contribution in [0.5, 0.6) is 0 Å². The van der Waals surface area contributed by atoms with Crippen molar-refractivity contribution in [3.63, 3.8) is 0 Å². The Morgan fingerprint density at radius 3 is 3.00 bits per heavy atom. The van der Waals surface area contributed by atoms with Gasteiger partial charge in [0.15, 0.2) is 5.89 Å². The van der Waals surface area contributed by atoms with Gasteiger partial charge in [-0.2, -0.15) is 0 Å². The summed E-state index contributed by atoms with van der Waals surface area (Å²) in [5.41, 5.74) is 7.19. The molecule has 0 saturated heterocycles. The number of benzene rings is 1. The number of nitrogens with two attached hydrogens (primary N) is 1. The fraction of sp³-hybridized carbons (Fsp3) is 0.231. The van der Waals surface area contributed by atoms with Crippen molar-refractivity contribution in [1.29, 1.82) is 0 Å². The number of rotatable bonds is 4. The van der Waals surface area contributed by atoms with Gasteiger partial charge in [-0.05, 0) is 40.5 Å². The molecule has 100 valence electrons. The van der Waals surface area contributed by atoms with Gasteiger partial charge in [-0.15, -0.1) is 0 Å². The minimum Gasteiger partial charge on any atom is -0.435 e. The third-order valence-electron chi connectivity index (χ3n) is 2.51. The number of nitrogens with one attached hydrogen (secondary N) is 1. The van der Waals surface area contributed by atoms with Crippen LogP contribution in [0.15, 0.2) is 33.3 Å². The first kappa shape index (κ1) is 13.8. The number of aromatic nitrogens is 1. The lowest BCUT2D eigenvalue weighted by Crippen LogP contribution is -2.11. The quantitative estimate of drug-likeness (QED) is 0.905. The maximum atomic E-state index is 12.0. The molecule has 1 aromatic carbocycles. The summed E-state index contributed by atoms with van der Waals surface area (Å²) >= 11 is 3.40. The Labute approximate surface area is 119 Å². The van der Waals surface area contributed by atoms with Crippen molar-refractivity contribution >= 4 is 27.5 Å². The molecule has 19 heavy (non-hydrogen) atoms. The molecule has 0 saturated carbocycles. The molecule has 0 unspecified atom stereocenters. The van der Waals surface area contributed by atoms with Crippen LogP contribution in [0.3, 0.4) is 0 Å². The second-order valence-corrected chi connectivity index (χ2v) is 4.95. The summed E-state index contributed by atoms with van der Waals surface area (Å²) in [5, 5.41) is 2.76. The zero-order chi connectivity index (χ0) is 13.8. The summed E-state index contributed by atoms with van der Waals surface area (Å²) in [5.74, 6) is 0.312. The Morgan fingerprint density at radius 2 is 2.32 bits per heavy atom. The van der Waals surface area contributed by atoms with E-state index in [1.807, 2.05) is 25.1 Å². The first-order valence-corrected chi connectivity index (χ1v) is 6.61. The standard InChI is InChI=1S/C13H14BrN3O2/c1-8-2-3-10(9(14)6-8)17-13(18)11-7-16-12(19-11)4-5-15/h2-3,6-7H,4-5,15H2,1H3,(H,17,18). The van der Waals surface area contributed by atoms with Crippen LogP contribution in [0.25, 0.3) is 0 Å². The summed E-state index contributed by atoms with van der Waals surface area (Å²) in [4.78, 5) is 16.0. The number of aryl methyl sites for hydroxylation is 1. The molecule has 0 fully saturated rings. The molecule has 6 heteroatoms. The molecule has 2 aromatic rings. The van der Waals surface area contributed by atoms with Crippen molar-refractivity contribution in [1.82, 2.24) is 4.98 Å². The lowest BCUT2D eigenvalue weighted by atomic mass is 10.2. The number of hydrogen-bond donors (Lipinski definition) is 2. The van der Waals surface area contributed by atoms with Gasteiger partial charge in [-0.1, -0.05) is 6.07 Å². The predicted molar refractivity (Wildman–Crippen MR) is 76.1 cm³/mol. The summed E-state index contributed by atoms with van der Waals surface area (Å²) in [7, 11) is 0. The Morgan fingerprint density at radius 1 is 1.53 bits per heavy atom. The molecule has 1 amide bonds. The highest BCUT2D eigenvalue weighted by Crippen LogP contribution is 2.24. The number of anilines is 1. The molecule has 5 nitrogen and oxygen atoms in total. The van der Waals surface area contributed by atoms with Gasteiger partial charge in [0.2, 0.25) is 5.76 Å². The largest absolute Gasteiger partial charge is 0.435 e. The van der Waals surface area contributed by atoms with Crippen LogP contribution in [0.2, 0.25) is 0 Å². The molecule has 0 bridgehead atoms. The number of halogens is 1. The second-order valence-electron chi connectivity index (χ2n) is 4.09. The first-order chi connectivity index (χ1) is 9.10. The monoisotopic (exact) mass is 323 g/mol. The van der Waals surface area contributed by atoms with E-state index in [1.54, 1.807) is 0 Å². The molecule has 0 spiro atoms. The Bertz CT molecular complexity index is 595. The van der Waals surface area contributed by atoms with Crippen molar-refractivity contribution in [3.05, 3.63) is 46.1 Å². The van der Waals surface area contributed by atoms with Crippen molar-refractivity contribution < 1.29 is 9.21 Å². The Hall–Kier alpha value is -1.66. The minimum atomic E-state index is -0.333. The molecular weight excluding hydrogens is 310 g/mol. The number of nitrogens with zero attached hydrogens (tertiary/aromatic N) is 1. The molecule has 0 atom stereocenters. The van der Waals surface area contributed by atoms with E-state index in [1.165, 1.54) is 6.20 Å². The average molecular weight is 324 g/mol. The molecule has 0 aliphatic carbocycles. The summed E-state index contributed by atoms with van der Waals surface area (Å²) in [6.45, 7) is 2.41. The number of carbonyl (C=O) groups is 1. The first-order valence-electron chi connectivity index (χ1n) is 5.82. The maximum absolute atomic E-state index is 12.0. The van der Waals surface area contributed by atoms with Gasteiger partial charge < -0.3 is 15.5 Å². The van der Waals surface area contributed by atoms with Gasteiger partial charge in [0.1, 0.15) is 0 Å². The van der Waals surface area contributed by atoms with Crippen LogP contribution in [0.1, 0.15) is 22.0 Å². The van der Waals surface area contributed by atoms with Crippen LogP contribution in [0, 0.1) is 6.92 Å². The van der Waals surface area contributed by atoms with Gasteiger partial charge in [0, 0.05) is 17.4 Å². The van der Waals surface area contributed by atoms with E-state index < -0.39 is 0 Å². The van der Waals surface area contributed by atoms with E-state index in [4.69, 9.17) is 10.2 Å². The van der Waals surface area contributed by atoms with Gasteiger partial charge >= 0.3 is 0 Å². The molecule has 0 aliphatic rings. The van der Waals surface area contributed by atoms with Gasteiger partial charge in [0.25, 0.3) is 5.91 Å². The van der Waals surface area contributed by atoms with Crippen molar-refractivity contribution in [2.75, 3.05) is 11.9 Å². The average Bonchev–Trinajstić information content (AvgIpc) is 2.82. The Kier molecular flexibility index (Phi) is 4.34. The fourth-order valence-corrected chi connectivity index (χ4v) is 2.15. The van der Waals surface area contributed by atoms with Gasteiger partial charge in [0.05, 0.1) is 11.9 Å². The van der Waals surface area contributed by atoms with E-state index in [9.17, 15) is 4.79 Å². The predicted octanol–water partition coefficient (Wildman–Crippen LogP) is 2.50. The summed E-state index contributed by atoms with van der Waals surface area (Å²) in [6, 6.07) is 5.67. The zero-order valence-electron chi connectivity index (χ0n) is 10.4.